The largest absolute Gasteiger partial charge is 0.381 e. The van der Waals surface area contributed by atoms with Crippen LogP contribution in [-0.2, 0) is 4.74 Å². The van der Waals surface area contributed by atoms with E-state index in [2.05, 4.69) is 51.9 Å². The van der Waals surface area contributed by atoms with Crippen LogP contribution in [0.25, 0.3) is 0 Å². The van der Waals surface area contributed by atoms with Crippen LogP contribution in [0.1, 0.15) is 47.5 Å². The van der Waals surface area contributed by atoms with Crippen LogP contribution in [0.4, 0.5) is 0 Å². The van der Waals surface area contributed by atoms with Crippen molar-refractivity contribution in [3.63, 3.8) is 0 Å². The number of ether oxygens (including phenoxy) is 1. The van der Waals surface area contributed by atoms with Crippen LogP contribution in [0, 0.1) is 11.3 Å². The van der Waals surface area contributed by atoms with E-state index in [1.807, 2.05) is 0 Å². The van der Waals surface area contributed by atoms with Crippen molar-refractivity contribution >= 4 is 0 Å². The Morgan fingerprint density at radius 2 is 1.79 bits per heavy atom. The van der Waals surface area contributed by atoms with Gasteiger partial charge in [0.2, 0.25) is 0 Å². The van der Waals surface area contributed by atoms with Gasteiger partial charge in [-0.2, -0.15) is 0 Å². The summed E-state index contributed by atoms with van der Waals surface area (Å²) in [7, 11) is 2.26. The Hall–Kier alpha value is -0.120. The molecule has 0 amide bonds. The lowest BCUT2D eigenvalue weighted by Crippen LogP contribution is -2.51. The van der Waals surface area contributed by atoms with Gasteiger partial charge in [-0.15, -0.1) is 0 Å². The number of hydrogen-bond acceptors (Lipinski definition) is 3. The predicted molar refractivity (Wildman–Crippen MR) is 82.6 cm³/mol. The molecule has 0 saturated carbocycles. The molecule has 1 N–H and O–H groups in total. The third kappa shape index (κ3) is 6.73. The lowest BCUT2D eigenvalue weighted by Gasteiger charge is -2.42. The van der Waals surface area contributed by atoms with E-state index in [4.69, 9.17) is 4.74 Å². The van der Waals surface area contributed by atoms with E-state index in [1.165, 1.54) is 25.9 Å². The first-order valence-corrected chi connectivity index (χ1v) is 7.74. The second-order valence-electron chi connectivity index (χ2n) is 7.81. The smallest absolute Gasteiger partial charge is 0.0472 e. The summed E-state index contributed by atoms with van der Waals surface area (Å²) in [5, 5.41) is 3.71. The molecule has 0 aromatic rings. The first kappa shape index (κ1) is 16.9. The Labute approximate surface area is 120 Å². The van der Waals surface area contributed by atoms with E-state index in [9.17, 15) is 0 Å². The molecule has 3 heteroatoms. The standard InChI is InChI=1S/C16H34N2O/c1-14(2)11-18(6)13-16(7-9-19-10-8-16)12-17-15(3,4)5/h14,17H,7-13H2,1-6H3. The predicted octanol–water partition coefficient (Wildman–Crippen LogP) is 2.76. The van der Waals surface area contributed by atoms with Gasteiger partial charge in [-0.05, 0) is 52.0 Å². The number of nitrogens with zero attached hydrogens (tertiary/aromatic N) is 1. The van der Waals surface area contributed by atoms with Gasteiger partial charge in [-0.25, -0.2) is 0 Å². The van der Waals surface area contributed by atoms with Gasteiger partial charge in [-0.1, -0.05) is 13.8 Å². The van der Waals surface area contributed by atoms with Crippen LogP contribution >= 0.6 is 0 Å². The maximum atomic E-state index is 5.57. The minimum Gasteiger partial charge on any atom is -0.381 e. The Bertz CT molecular complexity index is 252. The third-order valence-electron chi connectivity index (χ3n) is 3.83. The van der Waals surface area contributed by atoms with Gasteiger partial charge in [0.15, 0.2) is 0 Å². The van der Waals surface area contributed by atoms with Crippen LogP contribution in [0.5, 0.6) is 0 Å². The average molecular weight is 270 g/mol. The summed E-state index contributed by atoms with van der Waals surface area (Å²) in [6.45, 7) is 16.6. The van der Waals surface area contributed by atoms with Gasteiger partial charge < -0.3 is 15.0 Å². The second-order valence-corrected chi connectivity index (χ2v) is 7.81. The molecule has 0 aromatic heterocycles. The highest BCUT2D eigenvalue weighted by Gasteiger charge is 2.34. The fourth-order valence-corrected chi connectivity index (χ4v) is 2.91. The maximum absolute atomic E-state index is 5.57. The fourth-order valence-electron chi connectivity index (χ4n) is 2.91. The van der Waals surface area contributed by atoms with Crippen molar-refractivity contribution in [3.8, 4) is 0 Å². The zero-order valence-electron chi connectivity index (χ0n) is 13.9. The lowest BCUT2D eigenvalue weighted by molar-refractivity contribution is -0.00458. The molecule has 3 nitrogen and oxygen atoms in total. The van der Waals surface area contributed by atoms with Crippen molar-refractivity contribution in [2.75, 3.05) is 39.9 Å². The summed E-state index contributed by atoms with van der Waals surface area (Å²) >= 11 is 0. The summed E-state index contributed by atoms with van der Waals surface area (Å²) in [5.41, 5.74) is 0.580. The minimum absolute atomic E-state index is 0.196. The van der Waals surface area contributed by atoms with Crippen molar-refractivity contribution < 1.29 is 4.74 Å². The van der Waals surface area contributed by atoms with E-state index >= 15 is 0 Å². The first-order valence-electron chi connectivity index (χ1n) is 7.74. The summed E-state index contributed by atoms with van der Waals surface area (Å²) in [6.07, 6.45) is 2.36. The minimum atomic E-state index is 0.196. The topological polar surface area (TPSA) is 24.5 Å². The van der Waals surface area contributed by atoms with Crippen molar-refractivity contribution in [1.29, 1.82) is 0 Å². The Balaban J connectivity index is 2.59. The number of rotatable bonds is 6. The summed E-state index contributed by atoms with van der Waals surface area (Å²) in [5.74, 6) is 0.734. The molecule has 0 aliphatic carbocycles. The van der Waals surface area contributed by atoms with Crippen LogP contribution < -0.4 is 5.32 Å². The molecule has 0 spiro atoms. The van der Waals surface area contributed by atoms with Crippen molar-refractivity contribution in [3.05, 3.63) is 0 Å². The van der Waals surface area contributed by atoms with Gasteiger partial charge in [0.1, 0.15) is 0 Å². The monoisotopic (exact) mass is 270 g/mol. The molecule has 1 fully saturated rings. The SMILES string of the molecule is CC(C)CN(C)CC1(CNC(C)(C)C)CCOCC1. The summed E-state index contributed by atoms with van der Waals surface area (Å²) in [6, 6.07) is 0. The highest BCUT2D eigenvalue weighted by Crippen LogP contribution is 2.31. The van der Waals surface area contributed by atoms with E-state index in [1.54, 1.807) is 0 Å². The van der Waals surface area contributed by atoms with Crippen LogP contribution in [0.15, 0.2) is 0 Å². The Morgan fingerprint density at radius 3 is 2.26 bits per heavy atom. The van der Waals surface area contributed by atoms with Gasteiger partial charge in [0.05, 0.1) is 0 Å². The molecular weight excluding hydrogens is 236 g/mol. The highest BCUT2D eigenvalue weighted by atomic mass is 16.5. The zero-order valence-corrected chi connectivity index (χ0v) is 13.9. The molecule has 0 bridgehead atoms. The Kier molecular flexibility index (Phi) is 6.28. The molecule has 0 aromatic carbocycles. The Morgan fingerprint density at radius 1 is 1.21 bits per heavy atom. The highest BCUT2D eigenvalue weighted by molar-refractivity contribution is 4.89. The number of hydrogen-bond donors (Lipinski definition) is 1. The van der Waals surface area contributed by atoms with E-state index in [-0.39, 0.29) is 5.54 Å². The fraction of sp³-hybridized carbons (Fsp3) is 1.00. The third-order valence-corrected chi connectivity index (χ3v) is 3.83. The van der Waals surface area contributed by atoms with Crippen LogP contribution in [0.3, 0.4) is 0 Å². The molecule has 1 saturated heterocycles. The van der Waals surface area contributed by atoms with Gasteiger partial charge in [0, 0.05) is 38.4 Å². The quantitative estimate of drug-likeness (QED) is 0.803. The van der Waals surface area contributed by atoms with Crippen molar-refractivity contribution in [1.82, 2.24) is 10.2 Å². The summed E-state index contributed by atoms with van der Waals surface area (Å²) in [4.78, 5) is 2.50. The van der Waals surface area contributed by atoms with E-state index in [0.717, 1.165) is 25.7 Å². The first-order chi connectivity index (χ1) is 8.72. The molecule has 0 atom stereocenters. The maximum Gasteiger partial charge on any atom is 0.0472 e. The molecule has 0 radical (unpaired) electrons. The van der Waals surface area contributed by atoms with E-state index in [0.29, 0.717) is 5.41 Å². The molecule has 1 aliphatic rings. The molecule has 19 heavy (non-hydrogen) atoms. The second kappa shape index (κ2) is 7.05. The van der Waals surface area contributed by atoms with Crippen molar-refractivity contribution in [2.45, 2.75) is 53.0 Å². The van der Waals surface area contributed by atoms with Crippen molar-refractivity contribution in [2.24, 2.45) is 11.3 Å². The lowest BCUT2D eigenvalue weighted by atomic mass is 9.79. The van der Waals surface area contributed by atoms with Crippen LogP contribution in [0.2, 0.25) is 0 Å². The van der Waals surface area contributed by atoms with E-state index < -0.39 is 0 Å². The molecule has 1 rings (SSSR count). The normalized spacial score (nSPS) is 20.2. The van der Waals surface area contributed by atoms with Gasteiger partial charge in [-0.3, -0.25) is 0 Å². The van der Waals surface area contributed by atoms with Gasteiger partial charge in [0.25, 0.3) is 0 Å². The molecule has 1 heterocycles. The zero-order chi connectivity index (χ0) is 14.5. The summed E-state index contributed by atoms with van der Waals surface area (Å²) < 4.78 is 5.57. The van der Waals surface area contributed by atoms with Gasteiger partial charge >= 0.3 is 0 Å². The molecule has 0 unspecified atom stereocenters. The molecule has 114 valence electrons. The molecule has 1 aliphatic heterocycles. The average Bonchev–Trinajstić information content (AvgIpc) is 2.25. The molecular formula is C16H34N2O. The van der Waals surface area contributed by atoms with Crippen LogP contribution in [-0.4, -0.2) is 50.3 Å². The number of nitrogens with one attached hydrogen (secondary N) is 1.